The summed E-state index contributed by atoms with van der Waals surface area (Å²) in [6.45, 7) is 0. The Balaban J connectivity index is 3.33. The molecule has 0 unspecified atom stereocenters. The molecular formula is C8H7ClF3NO. The fraction of sp³-hybridized carbons (Fsp3) is 0.375. The van der Waals surface area contributed by atoms with E-state index in [0.29, 0.717) is 0 Å². The lowest BCUT2D eigenvalue weighted by Crippen LogP contribution is -2.02. The average Bonchev–Trinajstić information content (AvgIpc) is 2.16. The predicted molar refractivity (Wildman–Crippen MR) is 45.3 cm³/mol. The first-order valence-electron chi connectivity index (χ1n) is 3.67. The Morgan fingerprint density at radius 3 is 2.64 bits per heavy atom. The van der Waals surface area contributed by atoms with Crippen molar-refractivity contribution in [2.75, 3.05) is 7.11 Å². The van der Waals surface area contributed by atoms with Gasteiger partial charge in [0.05, 0.1) is 13.0 Å². The van der Waals surface area contributed by atoms with Gasteiger partial charge in [0.2, 0.25) is 0 Å². The van der Waals surface area contributed by atoms with E-state index in [1.807, 2.05) is 0 Å². The van der Waals surface area contributed by atoms with Gasteiger partial charge in [-0.05, 0) is 0 Å². The first kappa shape index (κ1) is 11.1. The highest BCUT2D eigenvalue weighted by molar-refractivity contribution is 6.17. The van der Waals surface area contributed by atoms with Crippen LogP contribution in [0.25, 0.3) is 0 Å². The van der Waals surface area contributed by atoms with Crippen molar-refractivity contribution < 1.29 is 17.9 Å². The Bertz CT molecular complexity index is 333. The molecule has 0 spiro atoms. The van der Waals surface area contributed by atoms with Gasteiger partial charge in [0.1, 0.15) is 0 Å². The average molecular weight is 226 g/mol. The molecule has 1 aromatic heterocycles. The van der Waals surface area contributed by atoms with E-state index in [9.17, 15) is 13.2 Å². The maximum Gasteiger partial charge on any atom is 0.265 e. The number of pyridine rings is 1. The van der Waals surface area contributed by atoms with E-state index in [2.05, 4.69) is 9.72 Å². The first-order valence-corrected chi connectivity index (χ1v) is 4.20. The van der Waals surface area contributed by atoms with Crippen molar-refractivity contribution in [1.82, 2.24) is 4.98 Å². The lowest BCUT2D eigenvalue weighted by Gasteiger charge is -2.10. The minimum absolute atomic E-state index is 0.0586. The minimum atomic E-state index is -2.74. The molecule has 0 atom stereocenters. The molecule has 1 heterocycles. The number of rotatable bonds is 3. The third kappa shape index (κ3) is 1.92. The molecule has 0 aliphatic carbocycles. The summed E-state index contributed by atoms with van der Waals surface area (Å²) in [4.78, 5) is 3.15. The van der Waals surface area contributed by atoms with Crippen molar-refractivity contribution in [3.05, 3.63) is 23.3 Å². The minimum Gasteiger partial charge on any atom is -0.492 e. The number of hydrogen-bond acceptors (Lipinski definition) is 2. The van der Waals surface area contributed by atoms with Gasteiger partial charge in [0.25, 0.3) is 12.4 Å². The van der Waals surface area contributed by atoms with E-state index in [0.717, 1.165) is 6.20 Å². The molecule has 2 nitrogen and oxygen atoms in total. The van der Waals surface area contributed by atoms with Crippen LogP contribution in [0.4, 0.5) is 13.2 Å². The van der Waals surface area contributed by atoms with Crippen molar-refractivity contribution in [1.29, 1.82) is 0 Å². The molecule has 0 radical (unpaired) electrons. The number of halogens is 4. The van der Waals surface area contributed by atoms with Crippen molar-refractivity contribution in [3.8, 4) is 5.75 Å². The third-order valence-corrected chi connectivity index (χ3v) is 1.97. The lowest BCUT2D eigenvalue weighted by molar-refractivity contribution is 0.149. The van der Waals surface area contributed by atoms with Crippen molar-refractivity contribution in [2.45, 2.75) is 12.3 Å². The van der Waals surface area contributed by atoms with Gasteiger partial charge in [-0.1, -0.05) is 0 Å². The largest absolute Gasteiger partial charge is 0.492 e. The summed E-state index contributed by atoms with van der Waals surface area (Å²) in [7, 11) is 1.17. The van der Waals surface area contributed by atoms with Gasteiger partial charge in [-0.2, -0.15) is 4.39 Å². The van der Waals surface area contributed by atoms with Crippen LogP contribution in [0, 0.1) is 5.95 Å². The molecule has 0 bridgehead atoms. The second-order valence-corrected chi connectivity index (χ2v) is 2.72. The Hall–Kier alpha value is -0.970. The van der Waals surface area contributed by atoms with E-state index in [4.69, 9.17) is 11.6 Å². The van der Waals surface area contributed by atoms with Crippen LogP contribution in [-0.2, 0) is 5.88 Å². The zero-order valence-electron chi connectivity index (χ0n) is 7.23. The zero-order valence-corrected chi connectivity index (χ0v) is 7.99. The third-order valence-electron chi connectivity index (χ3n) is 1.70. The number of nitrogens with zero attached hydrogens (tertiary/aromatic N) is 1. The van der Waals surface area contributed by atoms with Crippen LogP contribution < -0.4 is 4.74 Å². The highest BCUT2D eigenvalue weighted by Crippen LogP contribution is 2.31. The van der Waals surface area contributed by atoms with Crippen LogP contribution >= 0.6 is 11.6 Å². The Kier molecular flexibility index (Phi) is 3.57. The van der Waals surface area contributed by atoms with Gasteiger partial charge in [-0.25, -0.2) is 13.8 Å². The topological polar surface area (TPSA) is 22.1 Å². The molecule has 0 aromatic carbocycles. The number of aromatic nitrogens is 1. The van der Waals surface area contributed by atoms with Gasteiger partial charge in [-0.3, -0.25) is 0 Å². The predicted octanol–water partition coefficient (Wildman–Crippen LogP) is 2.91. The summed E-state index contributed by atoms with van der Waals surface area (Å²) in [5.41, 5.74) is -0.463. The molecular weight excluding hydrogens is 219 g/mol. The van der Waals surface area contributed by atoms with Crippen LogP contribution in [-0.4, -0.2) is 12.1 Å². The summed E-state index contributed by atoms with van der Waals surface area (Å²) in [5.74, 6) is -1.51. The van der Waals surface area contributed by atoms with E-state index in [1.165, 1.54) is 7.11 Å². The molecule has 0 saturated carbocycles. The Morgan fingerprint density at radius 2 is 2.21 bits per heavy atom. The summed E-state index contributed by atoms with van der Waals surface area (Å²) >= 11 is 5.42. The van der Waals surface area contributed by atoms with E-state index < -0.39 is 17.9 Å². The van der Waals surface area contributed by atoms with Gasteiger partial charge in [0, 0.05) is 17.3 Å². The smallest absolute Gasteiger partial charge is 0.265 e. The highest BCUT2D eigenvalue weighted by Gasteiger charge is 2.20. The summed E-state index contributed by atoms with van der Waals surface area (Å²) in [5, 5.41) is 0. The molecule has 6 heteroatoms. The zero-order chi connectivity index (χ0) is 10.7. The van der Waals surface area contributed by atoms with Crippen molar-refractivity contribution in [3.63, 3.8) is 0 Å². The van der Waals surface area contributed by atoms with E-state index in [-0.39, 0.29) is 17.2 Å². The molecule has 0 N–H and O–H groups in total. The van der Waals surface area contributed by atoms with Crippen LogP contribution in [0.2, 0.25) is 0 Å². The van der Waals surface area contributed by atoms with E-state index in [1.54, 1.807) is 0 Å². The normalized spacial score (nSPS) is 10.7. The molecule has 0 amide bonds. The Labute approximate surface area is 83.7 Å². The van der Waals surface area contributed by atoms with Gasteiger partial charge in [-0.15, -0.1) is 11.6 Å². The quantitative estimate of drug-likeness (QED) is 0.583. The van der Waals surface area contributed by atoms with Gasteiger partial charge < -0.3 is 4.74 Å². The number of ether oxygens (including phenoxy) is 1. The SMILES string of the molecule is COc1c(F)ncc(C(F)F)c1CCl. The van der Waals surface area contributed by atoms with Gasteiger partial charge in [0.15, 0.2) is 5.75 Å². The van der Waals surface area contributed by atoms with Gasteiger partial charge >= 0.3 is 0 Å². The molecule has 14 heavy (non-hydrogen) atoms. The molecule has 1 rings (SSSR count). The molecule has 0 fully saturated rings. The fourth-order valence-corrected chi connectivity index (χ4v) is 1.33. The molecule has 0 aliphatic rings. The Morgan fingerprint density at radius 1 is 1.57 bits per heavy atom. The summed E-state index contributed by atoms with van der Waals surface area (Å²) < 4.78 is 42.3. The van der Waals surface area contributed by atoms with Crippen LogP contribution in [0.3, 0.4) is 0 Å². The first-order chi connectivity index (χ1) is 6.61. The van der Waals surface area contributed by atoms with Crippen LogP contribution in [0.1, 0.15) is 17.6 Å². The van der Waals surface area contributed by atoms with Crippen molar-refractivity contribution in [2.24, 2.45) is 0 Å². The second-order valence-electron chi connectivity index (χ2n) is 2.45. The molecule has 1 aromatic rings. The number of alkyl halides is 3. The number of hydrogen-bond donors (Lipinski definition) is 0. The standard InChI is InChI=1S/C8H7ClF3NO/c1-14-6-4(2-9)5(7(10)11)3-13-8(6)12/h3,7H,2H2,1H3. The maximum atomic E-state index is 12.9. The summed E-state index contributed by atoms with van der Waals surface area (Å²) in [6, 6.07) is 0. The molecule has 0 aliphatic heterocycles. The van der Waals surface area contributed by atoms with Crippen LogP contribution in [0.5, 0.6) is 5.75 Å². The highest BCUT2D eigenvalue weighted by atomic mass is 35.5. The molecule has 0 saturated heterocycles. The monoisotopic (exact) mass is 225 g/mol. The van der Waals surface area contributed by atoms with Crippen molar-refractivity contribution >= 4 is 11.6 Å². The second kappa shape index (κ2) is 4.50. The maximum absolute atomic E-state index is 12.9. The lowest BCUT2D eigenvalue weighted by atomic mass is 10.1. The van der Waals surface area contributed by atoms with E-state index >= 15 is 0 Å². The fourth-order valence-electron chi connectivity index (χ4n) is 1.05. The molecule has 78 valence electrons. The summed E-state index contributed by atoms with van der Waals surface area (Å²) in [6.07, 6.45) is -1.98. The number of methoxy groups -OCH3 is 1. The van der Waals surface area contributed by atoms with Crippen LogP contribution in [0.15, 0.2) is 6.20 Å².